The zero-order valence-corrected chi connectivity index (χ0v) is 17.9. The van der Waals surface area contributed by atoms with E-state index in [0.29, 0.717) is 6.61 Å². The Morgan fingerprint density at radius 2 is 1.87 bits per heavy atom. The lowest BCUT2D eigenvalue weighted by Crippen LogP contribution is -2.48. The highest BCUT2D eigenvalue weighted by Gasteiger charge is 2.23. The fourth-order valence-electron chi connectivity index (χ4n) is 4.55. The molecule has 0 saturated carbocycles. The van der Waals surface area contributed by atoms with E-state index >= 15 is 0 Å². The summed E-state index contributed by atoms with van der Waals surface area (Å²) in [6.07, 6.45) is 3.37. The lowest BCUT2D eigenvalue weighted by atomic mass is 10.1. The Balaban J connectivity index is 1.10. The smallest absolute Gasteiger partial charge is 0.253 e. The molecule has 5 rings (SSSR count). The number of nitrogens with zero attached hydrogens (tertiary/aromatic N) is 2. The van der Waals surface area contributed by atoms with Crippen LogP contribution < -0.4 is 9.47 Å². The Labute approximate surface area is 183 Å². The summed E-state index contributed by atoms with van der Waals surface area (Å²) in [6.45, 7) is 6.41. The maximum Gasteiger partial charge on any atom is 0.253 e. The van der Waals surface area contributed by atoms with Gasteiger partial charge in [-0.05, 0) is 54.3 Å². The van der Waals surface area contributed by atoms with Crippen molar-refractivity contribution in [1.29, 1.82) is 0 Å². The van der Waals surface area contributed by atoms with Crippen molar-refractivity contribution in [2.45, 2.75) is 31.9 Å². The number of hydrogen-bond acceptors (Lipinski definition) is 5. The molecule has 164 valence electrons. The minimum absolute atomic E-state index is 0.0972. The molecule has 3 aliphatic rings. The van der Waals surface area contributed by atoms with Crippen molar-refractivity contribution in [2.75, 3.05) is 46.0 Å². The van der Waals surface area contributed by atoms with Crippen molar-refractivity contribution in [2.24, 2.45) is 0 Å². The largest absolute Gasteiger partial charge is 0.493 e. The lowest BCUT2D eigenvalue weighted by Gasteiger charge is -2.35. The van der Waals surface area contributed by atoms with Crippen LogP contribution in [0.5, 0.6) is 11.5 Å². The van der Waals surface area contributed by atoms with Gasteiger partial charge in [0, 0.05) is 51.3 Å². The zero-order valence-electron chi connectivity index (χ0n) is 17.9. The number of hydrogen-bond donors (Lipinski definition) is 0. The number of amides is 1. The van der Waals surface area contributed by atoms with E-state index in [1.54, 1.807) is 0 Å². The predicted octanol–water partition coefficient (Wildman–Crippen LogP) is 3.14. The van der Waals surface area contributed by atoms with Gasteiger partial charge in [-0.1, -0.05) is 12.1 Å². The molecule has 0 N–H and O–H groups in total. The molecular weight excluding hydrogens is 392 g/mol. The third-order valence-corrected chi connectivity index (χ3v) is 6.38. The summed E-state index contributed by atoms with van der Waals surface area (Å²) in [5, 5.41) is 0. The maximum absolute atomic E-state index is 12.9. The zero-order chi connectivity index (χ0) is 21.0. The highest BCUT2D eigenvalue weighted by atomic mass is 16.5. The number of piperazine rings is 1. The van der Waals surface area contributed by atoms with Crippen LogP contribution in [0.4, 0.5) is 0 Å². The van der Waals surface area contributed by atoms with E-state index in [1.165, 1.54) is 11.1 Å². The molecule has 0 aromatic heterocycles. The first-order valence-electron chi connectivity index (χ1n) is 11.4. The fraction of sp³-hybridized carbons (Fsp3) is 0.480. The van der Waals surface area contributed by atoms with Gasteiger partial charge in [0.1, 0.15) is 18.1 Å². The topological polar surface area (TPSA) is 51.2 Å². The van der Waals surface area contributed by atoms with Gasteiger partial charge in [0.15, 0.2) is 0 Å². The fourth-order valence-corrected chi connectivity index (χ4v) is 4.55. The minimum Gasteiger partial charge on any atom is -0.493 e. The lowest BCUT2D eigenvalue weighted by molar-refractivity contribution is 0.0627. The molecule has 1 atom stereocenters. The van der Waals surface area contributed by atoms with E-state index in [9.17, 15) is 4.79 Å². The first-order valence-corrected chi connectivity index (χ1v) is 11.4. The van der Waals surface area contributed by atoms with Gasteiger partial charge in [-0.3, -0.25) is 9.69 Å². The minimum atomic E-state index is 0.0972. The van der Waals surface area contributed by atoms with Gasteiger partial charge in [0.2, 0.25) is 0 Å². The average molecular weight is 423 g/mol. The number of carbonyl (C=O) groups is 1. The van der Waals surface area contributed by atoms with Crippen LogP contribution in [0.25, 0.3) is 0 Å². The molecular formula is C25H30N2O4. The summed E-state index contributed by atoms with van der Waals surface area (Å²) < 4.78 is 17.0. The Bertz CT molecular complexity index is 900. The van der Waals surface area contributed by atoms with E-state index in [0.717, 1.165) is 82.3 Å². The normalized spacial score (nSPS) is 21.0. The van der Waals surface area contributed by atoms with Gasteiger partial charge in [0.05, 0.1) is 12.7 Å². The van der Waals surface area contributed by atoms with E-state index in [-0.39, 0.29) is 12.0 Å². The molecule has 2 aromatic carbocycles. The third-order valence-electron chi connectivity index (χ3n) is 6.38. The number of carbonyl (C=O) groups excluding carboxylic acids is 1. The number of ether oxygens (including phenoxy) is 3. The standard InChI is InChI=1S/C25H30N2O4/c28-25(20-4-6-22(7-5-20)31-18-23-2-1-14-29-23)27-12-10-26(11-13-27)17-19-3-8-24-21(16-19)9-15-30-24/h3-8,16,23H,1-2,9-15,17-18H2. The summed E-state index contributed by atoms with van der Waals surface area (Å²) in [4.78, 5) is 17.3. The Morgan fingerprint density at radius 3 is 2.65 bits per heavy atom. The molecule has 6 nitrogen and oxygen atoms in total. The average Bonchev–Trinajstić information content (AvgIpc) is 3.50. The van der Waals surface area contributed by atoms with Crippen molar-refractivity contribution in [3.05, 3.63) is 59.2 Å². The van der Waals surface area contributed by atoms with Gasteiger partial charge >= 0.3 is 0 Å². The third kappa shape index (κ3) is 4.86. The van der Waals surface area contributed by atoms with Crippen molar-refractivity contribution < 1.29 is 19.0 Å². The summed E-state index contributed by atoms with van der Waals surface area (Å²) in [6, 6.07) is 14.0. The molecule has 0 bridgehead atoms. The predicted molar refractivity (Wildman–Crippen MR) is 118 cm³/mol. The molecule has 2 saturated heterocycles. The van der Waals surface area contributed by atoms with E-state index in [4.69, 9.17) is 14.2 Å². The van der Waals surface area contributed by atoms with Gasteiger partial charge in [-0.25, -0.2) is 0 Å². The molecule has 1 amide bonds. The second kappa shape index (κ2) is 9.28. The van der Waals surface area contributed by atoms with E-state index in [1.807, 2.05) is 29.2 Å². The first kappa shape index (κ1) is 20.3. The van der Waals surface area contributed by atoms with Crippen LogP contribution in [0, 0.1) is 0 Å². The van der Waals surface area contributed by atoms with Crippen LogP contribution >= 0.6 is 0 Å². The summed E-state index contributed by atoms with van der Waals surface area (Å²) in [7, 11) is 0. The van der Waals surface area contributed by atoms with Gasteiger partial charge in [-0.15, -0.1) is 0 Å². The van der Waals surface area contributed by atoms with Crippen molar-refractivity contribution in [3.63, 3.8) is 0 Å². The summed E-state index contributed by atoms with van der Waals surface area (Å²) in [5.74, 6) is 1.92. The van der Waals surface area contributed by atoms with E-state index < -0.39 is 0 Å². The van der Waals surface area contributed by atoms with Crippen LogP contribution in [-0.4, -0.2) is 67.8 Å². The molecule has 0 radical (unpaired) electrons. The maximum atomic E-state index is 12.9. The molecule has 2 aromatic rings. The van der Waals surface area contributed by atoms with Crippen LogP contribution in [0.3, 0.4) is 0 Å². The highest BCUT2D eigenvalue weighted by Crippen LogP contribution is 2.26. The number of rotatable bonds is 6. The van der Waals surface area contributed by atoms with Crippen molar-refractivity contribution in [1.82, 2.24) is 9.80 Å². The number of fused-ring (bicyclic) bond motifs is 1. The second-order valence-electron chi connectivity index (χ2n) is 8.58. The van der Waals surface area contributed by atoms with Gasteiger partial charge in [0.25, 0.3) is 5.91 Å². The Hall–Kier alpha value is -2.57. The highest BCUT2D eigenvalue weighted by molar-refractivity contribution is 5.94. The Kier molecular flexibility index (Phi) is 6.09. The second-order valence-corrected chi connectivity index (χ2v) is 8.58. The summed E-state index contributed by atoms with van der Waals surface area (Å²) >= 11 is 0. The van der Waals surface area contributed by atoms with Crippen molar-refractivity contribution in [3.8, 4) is 11.5 Å². The molecule has 31 heavy (non-hydrogen) atoms. The van der Waals surface area contributed by atoms with Crippen LogP contribution in [0.2, 0.25) is 0 Å². The quantitative estimate of drug-likeness (QED) is 0.716. The monoisotopic (exact) mass is 422 g/mol. The summed E-state index contributed by atoms with van der Waals surface area (Å²) in [5.41, 5.74) is 3.36. The molecule has 3 heterocycles. The van der Waals surface area contributed by atoms with Crippen LogP contribution in [-0.2, 0) is 17.7 Å². The first-order chi connectivity index (χ1) is 15.2. The Morgan fingerprint density at radius 1 is 1.03 bits per heavy atom. The van der Waals surface area contributed by atoms with E-state index in [2.05, 4.69) is 23.1 Å². The molecule has 0 spiro atoms. The van der Waals surface area contributed by atoms with Crippen molar-refractivity contribution >= 4 is 5.91 Å². The van der Waals surface area contributed by atoms with Gasteiger partial charge in [-0.2, -0.15) is 0 Å². The molecule has 6 heteroatoms. The van der Waals surface area contributed by atoms with Crippen LogP contribution in [0.15, 0.2) is 42.5 Å². The number of benzene rings is 2. The molecule has 0 aliphatic carbocycles. The SMILES string of the molecule is O=C(c1ccc(OCC2CCCO2)cc1)N1CCN(Cc2ccc3c(c2)CCO3)CC1. The van der Waals surface area contributed by atoms with Crippen LogP contribution in [0.1, 0.15) is 34.3 Å². The molecule has 3 aliphatic heterocycles. The van der Waals surface area contributed by atoms with Gasteiger partial charge < -0.3 is 19.1 Å². The molecule has 2 fully saturated rings. The molecule has 1 unspecified atom stereocenters.